The molecule has 0 radical (unpaired) electrons. The van der Waals surface area contributed by atoms with E-state index in [1.165, 1.54) is 0 Å². The van der Waals surface area contributed by atoms with Crippen LogP contribution in [-0.4, -0.2) is 24.7 Å². The van der Waals surface area contributed by atoms with Crippen molar-refractivity contribution in [1.82, 2.24) is 24.7 Å². The van der Waals surface area contributed by atoms with Crippen LogP contribution >= 0.6 is 0 Å². The molecule has 22 heavy (non-hydrogen) atoms. The van der Waals surface area contributed by atoms with Crippen molar-refractivity contribution in [2.75, 3.05) is 0 Å². The molecular formula is C17H15N5. The molecule has 0 saturated carbocycles. The van der Waals surface area contributed by atoms with Gasteiger partial charge in [-0.05, 0) is 19.1 Å². The van der Waals surface area contributed by atoms with Gasteiger partial charge in [-0.2, -0.15) is 5.10 Å². The van der Waals surface area contributed by atoms with Gasteiger partial charge in [0.15, 0.2) is 11.5 Å². The number of nitrogens with one attached hydrogen (secondary N) is 1. The normalized spacial score (nSPS) is 11.2. The van der Waals surface area contributed by atoms with Gasteiger partial charge in [-0.25, -0.2) is 14.6 Å². The molecule has 0 amide bonds. The quantitative estimate of drug-likeness (QED) is 0.615. The van der Waals surface area contributed by atoms with Crippen molar-refractivity contribution in [3.05, 3.63) is 54.2 Å². The number of hydrogen-bond donors (Lipinski definition) is 1. The van der Waals surface area contributed by atoms with Gasteiger partial charge in [-0.15, -0.1) is 0 Å². The van der Waals surface area contributed by atoms with E-state index < -0.39 is 0 Å². The van der Waals surface area contributed by atoms with Crippen LogP contribution in [0.4, 0.5) is 0 Å². The number of pyridine rings is 1. The van der Waals surface area contributed by atoms with E-state index in [9.17, 15) is 0 Å². The van der Waals surface area contributed by atoms with Crippen molar-refractivity contribution in [2.45, 2.75) is 6.92 Å². The highest BCUT2D eigenvalue weighted by atomic mass is 15.3. The number of rotatable bonds is 2. The Bertz CT molecular complexity index is 950. The first-order valence-corrected chi connectivity index (χ1v) is 7.14. The standard InChI is InChI=1S/C17H15N5/c1-11-7-6-10-13(18-11)16-19-15-14(12-8-4-3-5-9-12)21-22(2)17(15)20-16/h3-10H,1-2H3,(H,19,20). The van der Waals surface area contributed by atoms with Crippen LogP contribution < -0.4 is 0 Å². The molecule has 0 aliphatic rings. The molecule has 1 N–H and O–H groups in total. The fraction of sp³-hybridized carbons (Fsp3) is 0.118. The highest BCUT2D eigenvalue weighted by molar-refractivity contribution is 5.90. The molecule has 108 valence electrons. The molecule has 3 heterocycles. The molecule has 0 bridgehead atoms. The topological polar surface area (TPSA) is 59.4 Å². The summed E-state index contributed by atoms with van der Waals surface area (Å²) in [5, 5.41) is 4.57. The lowest BCUT2D eigenvalue weighted by atomic mass is 10.1. The van der Waals surface area contributed by atoms with Crippen LogP contribution in [0.15, 0.2) is 48.5 Å². The minimum atomic E-state index is 0.767. The van der Waals surface area contributed by atoms with Crippen LogP contribution in [0.3, 0.4) is 0 Å². The molecule has 0 fully saturated rings. The van der Waals surface area contributed by atoms with Crippen LogP contribution in [0.25, 0.3) is 33.9 Å². The molecule has 5 heteroatoms. The number of aryl methyl sites for hydroxylation is 2. The van der Waals surface area contributed by atoms with Crippen LogP contribution in [0.1, 0.15) is 5.69 Å². The molecule has 0 aliphatic heterocycles. The van der Waals surface area contributed by atoms with Crippen molar-refractivity contribution in [1.29, 1.82) is 0 Å². The molecule has 0 unspecified atom stereocenters. The summed E-state index contributed by atoms with van der Waals surface area (Å²) in [5.41, 5.74) is 5.56. The summed E-state index contributed by atoms with van der Waals surface area (Å²) in [4.78, 5) is 12.5. The van der Waals surface area contributed by atoms with Crippen LogP contribution in [0, 0.1) is 6.92 Å². The number of aromatic nitrogens is 5. The minimum absolute atomic E-state index is 0.767. The number of imidazole rings is 1. The van der Waals surface area contributed by atoms with Gasteiger partial charge in [-0.1, -0.05) is 36.4 Å². The van der Waals surface area contributed by atoms with E-state index in [1.54, 1.807) is 4.68 Å². The first kappa shape index (κ1) is 12.8. The highest BCUT2D eigenvalue weighted by Crippen LogP contribution is 2.28. The Morgan fingerprint density at radius 1 is 0.955 bits per heavy atom. The molecule has 0 saturated heterocycles. The number of fused-ring (bicyclic) bond motifs is 1. The van der Waals surface area contributed by atoms with Crippen molar-refractivity contribution >= 4 is 11.2 Å². The maximum atomic E-state index is 4.65. The Labute approximate surface area is 127 Å². The molecule has 4 rings (SSSR count). The Morgan fingerprint density at radius 2 is 1.77 bits per heavy atom. The number of benzene rings is 1. The lowest BCUT2D eigenvalue weighted by Crippen LogP contribution is -1.93. The lowest BCUT2D eigenvalue weighted by molar-refractivity contribution is 0.790. The zero-order valence-corrected chi connectivity index (χ0v) is 12.4. The van der Waals surface area contributed by atoms with Gasteiger partial charge < -0.3 is 4.98 Å². The average Bonchev–Trinajstić information content (AvgIpc) is 3.09. The van der Waals surface area contributed by atoms with Gasteiger partial charge >= 0.3 is 0 Å². The maximum absolute atomic E-state index is 4.65. The van der Waals surface area contributed by atoms with Gasteiger partial charge in [0.1, 0.15) is 16.9 Å². The third kappa shape index (κ3) is 1.98. The number of aromatic amines is 1. The third-order valence-electron chi connectivity index (χ3n) is 3.66. The van der Waals surface area contributed by atoms with E-state index in [-0.39, 0.29) is 0 Å². The summed E-state index contributed by atoms with van der Waals surface area (Å²) < 4.78 is 1.80. The molecule has 3 aromatic heterocycles. The minimum Gasteiger partial charge on any atom is -0.333 e. The van der Waals surface area contributed by atoms with E-state index in [1.807, 2.05) is 62.5 Å². The van der Waals surface area contributed by atoms with Gasteiger partial charge in [0.2, 0.25) is 0 Å². The Morgan fingerprint density at radius 3 is 2.55 bits per heavy atom. The van der Waals surface area contributed by atoms with E-state index in [2.05, 4.69) is 20.1 Å². The predicted octanol–water partition coefficient (Wildman–Crippen LogP) is 3.33. The van der Waals surface area contributed by atoms with Crippen molar-refractivity contribution in [3.8, 4) is 22.8 Å². The number of H-pyrrole nitrogens is 1. The molecule has 0 aliphatic carbocycles. The molecule has 5 nitrogen and oxygen atoms in total. The molecular weight excluding hydrogens is 274 g/mol. The van der Waals surface area contributed by atoms with Crippen molar-refractivity contribution < 1.29 is 0 Å². The van der Waals surface area contributed by atoms with Crippen molar-refractivity contribution in [3.63, 3.8) is 0 Å². The summed E-state index contributed by atoms with van der Waals surface area (Å²) >= 11 is 0. The van der Waals surface area contributed by atoms with Crippen LogP contribution in [-0.2, 0) is 7.05 Å². The first-order chi connectivity index (χ1) is 10.7. The fourth-order valence-electron chi connectivity index (χ4n) is 2.61. The van der Waals surface area contributed by atoms with Crippen LogP contribution in [0.5, 0.6) is 0 Å². The zero-order valence-electron chi connectivity index (χ0n) is 12.4. The van der Waals surface area contributed by atoms with Gasteiger partial charge in [0.25, 0.3) is 0 Å². The Balaban J connectivity index is 1.92. The molecule has 0 atom stereocenters. The average molecular weight is 289 g/mol. The number of nitrogens with zero attached hydrogens (tertiary/aromatic N) is 4. The monoisotopic (exact) mass is 289 g/mol. The van der Waals surface area contributed by atoms with Gasteiger partial charge in [-0.3, -0.25) is 0 Å². The largest absolute Gasteiger partial charge is 0.333 e. The Kier molecular flexibility index (Phi) is 2.79. The van der Waals surface area contributed by atoms with E-state index in [4.69, 9.17) is 0 Å². The SMILES string of the molecule is Cc1cccc(-c2nc3c([nH]2)c(-c2ccccc2)nn3C)n1. The first-order valence-electron chi connectivity index (χ1n) is 7.14. The number of hydrogen-bond acceptors (Lipinski definition) is 3. The second-order valence-electron chi connectivity index (χ2n) is 5.29. The van der Waals surface area contributed by atoms with E-state index >= 15 is 0 Å². The van der Waals surface area contributed by atoms with E-state index in [0.717, 1.165) is 39.6 Å². The maximum Gasteiger partial charge on any atom is 0.177 e. The summed E-state index contributed by atoms with van der Waals surface area (Å²) in [6, 6.07) is 16.0. The van der Waals surface area contributed by atoms with E-state index in [0.29, 0.717) is 0 Å². The zero-order chi connectivity index (χ0) is 15.1. The predicted molar refractivity (Wildman–Crippen MR) is 86.3 cm³/mol. The van der Waals surface area contributed by atoms with Crippen LogP contribution in [0.2, 0.25) is 0 Å². The summed E-state index contributed by atoms with van der Waals surface area (Å²) in [5.74, 6) is 0.767. The Hall–Kier alpha value is -2.95. The van der Waals surface area contributed by atoms with Gasteiger partial charge in [0.05, 0.1) is 0 Å². The highest BCUT2D eigenvalue weighted by Gasteiger charge is 2.16. The molecule has 4 aromatic rings. The smallest absolute Gasteiger partial charge is 0.177 e. The second-order valence-corrected chi connectivity index (χ2v) is 5.29. The molecule has 1 aromatic carbocycles. The molecule has 0 spiro atoms. The summed E-state index contributed by atoms with van der Waals surface area (Å²) in [7, 11) is 1.91. The lowest BCUT2D eigenvalue weighted by Gasteiger charge is -1.98. The third-order valence-corrected chi connectivity index (χ3v) is 3.66. The summed E-state index contributed by atoms with van der Waals surface area (Å²) in [6.07, 6.45) is 0. The second kappa shape index (κ2) is 4.80. The summed E-state index contributed by atoms with van der Waals surface area (Å²) in [6.45, 7) is 1.98. The fourth-order valence-corrected chi connectivity index (χ4v) is 2.61. The van der Waals surface area contributed by atoms with Gasteiger partial charge in [0, 0.05) is 18.3 Å². The van der Waals surface area contributed by atoms with Crippen molar-refractivity contribution in [2.24, 2.45) is 7.05 Å².